The first-order chi connectivity index (χ1) is 17.4. The number of ether oxygens (including phenoxy) is 1. The number of hydrogen-bond donors (Lipinski definition) is 1. The van der Waals surface area contributed by atoms with Crippen molar-refractivity contribution in [2.75, 3.05) is 13.2 Å². The van der Waals surface area contributed by atoms with Gasteiger partial charge in [-0.3, -0.25) is 0 Å². The van der Waals surface area contributed by atoms with Crippen LogP contribution in [-0.2, 0) is 5.75 Å². The summed E-state index contributed by atoms with van der Waals surface area (Å²) in [5.74, 6) is -0.0773. The van der Waals surface area contributed by atoms with Gasteiger partial charge in [0.05, 0.1) is 23.4 Å². The van der Waals surface area contributed by atoms with Gasteiger partial charge < -0.3 is 14.3 Å². The predicted molar refractivity (Wildman–Crippen MR) is 133 cm³/mol. The van der Waals surface area contributed by atoms with Crippen molar-refractivity contribution in [3.05, 3.63) is 81.5 Å². The zero-order valence-electron chi connectivity index (χ0n) is 18.3. The largest absolute Gasteiger partial charge is 0.488 e. The number of thioether (sulfide) groups is 1. The van der Waals surface area contributed by atoms with E-state index in [4.69, 9.17) is 37.5 Å². The molecule has 0 atom stereocenters. The first kappa shape index (κ1) is 25.5. The number of hydrogen-bond acceptors (Lipinski definition) is 8. The molecule has 11 heteroatoms. The molecule has 0 radical (unpaired) electrons. The average Bonchev–Trinajstić information content (AvgIpc) is 3.35. The number of nitrogens with zero attached hydrogens (tertiary/aromatic N) is 4. The highest BCUT2D eigenvalue weighted by atomic mass is 35.5. The van der Waals surface area contributed by atoms with Gasteiger partial charge in [0.1, 0.15) is 35.2 Å². The molecule has 0 aliphatic rings. The highest BCUT2D eigenvalue weighted by Crippen LogP contribution is 2.38. The van der Waals surface area contributed by atoms with Gasteiger partial charge in [-0.2, -0.15) is 10.5 Å². The van der Waals surface area contributed by atoms with E-state index in [9.17, 15) is 14.9 Å². The summed E-state index contributed by atoms with van der Waals surface area (Å²) in [6, 6.07) is 15.1. The summed E-state index contributed by atoms with van der Waals surface area (Å²) in [6.07, 6.45) is 1.50. The van der Waals surface area contributed by atoms with Gasteiger partial charge in [0.15, 0.2) is 11.6 Å². The molecular weight excluding hydrogens is 526 g/mol. The molecule has 2 aromatic heterocycles. The van der Waals surface area contributed by atoms with Crippen molar-refractivity contribution < 1.29 is 18.7 Å². The Balaban J connectivity index is 1.66. The van der Waals surface area contributed by atoms with E-state index in [1.54, 1.807) is 24.3 Å². The molecule has 0 aliphatic heterocycles. The van der Waals surface area contributed by atoms with Crippen LogP contribution in [0.15, 0.2) is 58.2 Å². The molecule has 1 N–H and O–H groups in total. The molecule has 0 fully saturated rings. The Morgan fingerprint density at radius 1 is 1.03 bits per heavy atom. The third-order valence-corrected chi connectivity index (χ3v) is 6.45. The number of aromatic nitrogens is 2. The van der Waals surface area contributed by atoms with Gasteiger partial charge in [-0.25, -0.2) is 14.4 Å². The summed E-state index contributed by atoms with van der Waals surface area (Å²) >= 11 is 13.4. The van der Waals surface area contributed by atoms with Crippen molar-refractivity contribution in [1.29, 1.82) is 10.5 Å². The number of aliphatic hydroxyl groups is 1. The average molecular weight is 541 g/mol. The van der Waals surface area contributed by atoms with Gasteiger partial charge in [-0.15, -0.1) is 0 Å². The quantitative estimate of drug-likeness (QED) is 0.205. The highest BCUT2D eigenvalue weighted by molar-refractivity contribution is 7.98. The molecule has 0 saturated heterocycles. The number of pyridine rings is 1. The standard InChI is InChI=1S/C25H15Cl2FN4O3S/c26-16-4-1-14(2-5-16)24-31-17(12-35-24)13-36-25-19(11-30)22(18(10-29)23(27)32-25)15-3-6-21(20(28)9-15)34-8-7-33/h1-6,9,12,33H,7-8,13H2. The van der Waals surface area contributed by atoms with Crippen LogP contribution in [0.5, 0.6) is 5.75 Å². The Kier molecular flexibility index (Phi) is 8.09. The Hall–Kier alpha value is -3.60. The molecule has 4 aromatic rings. The van der Waals surface area contributed by atoms with E-state index in [2.05, 4.69) is 16.0 Å². The second kappa shape index (κ2) is 11.4. The molecule has 180 valence electrons. The van der Waals surface area contributed by atoms with Crippen molar-refractivity contribution in [3.63, 3.8) is 0 Å². The van der Waals surface area contributed by atoms with Crippen LogP contribution in [0.1, 0.15) is 16.8 Å². The minimum Gasteiger partial charge on any atom is -0.488 e. The van der Waals surface area contributed by atoms with E-state index in [0.29, 0.717) is 22.4 Å². The lowest BCUT2D eigenvalue weighted by molar-refractivity contribution is 0.196. The van der Waals surface area contributed by atoms with Gasteiger partial charge in [-0.1, -0.05) is 41.0 Å². The maximum Gasteiger partial charge on any atom is 0.226 e. The fourth-order valence-electron chi connectivity index (χ4n) is 3.30. The molecule has 2 aromatic carbocycles. The molecule has 0 bridgehead atoms. The fraction of sp³-hybridized carbons (Fsp3) is 0.120. The van der Waals surface area contributed by atoms with E-state index in [0.717, 1.165) is 11.6 Å². The normalized spacial score (nSPS) is 10.6. The van der Waals surface area contributed by atoms with Gasteiger partial charge >= 0.3 is 0 Å². The monoisotopic (exact) mass is 540 g/mol. The van der Waals surface area contributed by atoms with Crippen LogP contribution in [0, 0.1) is 28.5 Å². The minimum atomic E-state index is -0.715. The van der Waals surface area contributed by atoms with Crippen LogP contribution in [0.4, 0.5) is 4.39 Å². The maximum atomic E-state index is 14.6. The number of benzene rings is 2. The summed E-state index contributed by atoms with van der Waals surface area (Å²) in [6.45, 7) is -0.349. The first-order valence-electron chi connectivity index (χ1n) is 10.4. The van der Waals surface area contributed by atoms with Gasteiger partial charge in [0.25, 0.3) is 0 Å². The third-order valence-electron chi connectivity index (χ3n) is 4.91. The van der Waals surface area contributed by atoms with Crippen LogP contribution in [0.2, 0.25) is 10.2 Å². The van der Waals surface area contributed by atoms with Gasteiger partial charge in [-0.05, 0) is 42.0 Å². The van der Waals surface area contributed by atoms with E-state index in [1.165, 1.54) is 30.2 Å². The zero-order chi connectivity index (χ0) is 25.7. The lowest BCUT2D eigenvalue weighted by atomic mass is 9.97. The van der Waals surface area contributed by atoms with Crippen molar-refractivity contribution in [2.24, 2.45) is 0 Å². The SMILES string of the molecule is N#Cc1c(Cl)nc(SCc2coc(-c3ccc(Cl)cc3)n2)c(C#N)c1-c1ccc(OCCO)c(F)c1. The number of rotatable bonds is 8. The van der Waals surface area contributed by atoms with Crippen molar-refractivity contribution in [1.82, 2.24) is 9.97 Å². The molecule has 0 amide bonds. The summed E-state index contributed by atoms with van der Waals surface area (Å²) in [7, 11) is 0. The van der Waals surface area contributed by atoms with Gasteiger partial charge in [0, 0.05) is 21.9 Å². The second-order valence-corrected chi connectivity index (χ2v) is 8.97. The van der Waals surface area contributed by atoms with Crippen molar-refractivity contribution in [3.8, 4) is 40.5 Å². The van der Waals surface area contributed by atoms with Crippen LogP contribution in [0.25, 0.3) is 22.6 Å². The lowest BCUT2D eigenvalue weighted by Gasteiger charge is -2.13. The topological polar surface area (TPSA) is 116 Å². The summed E-state index contributed by atoms with van der Waals surface area (Å²) in [4.78, 5) is 8.69. The van der Waals surface area contributed by atoms with Crippen LogP contribution in [-0.4, -0.2) is 28.3 Å². The van der Waals surface area contributed by atoms with E-state index >= 15 is 0 Å². The molecule has 7 nitrogen and oxygen atoms in total. The van der Waals surface area contributed by atoms with Gasteiger partial charge in [0.2, 0.25) is 5.89 Å². The molecule has 0 spiro atoms. The number of oxazole rings is 1. The summed E-state index contributed by atoms with van der Waals surface area (Å²) in [5.41, 5.74) is 1.79. The number of aliphatic hydroxyl groups excluding tert-OH is 1. The highest BCUT2D eigenvalue weighted by Gasteiger charge is 2.22. The smallest absolute Gasteiger partial charge is 0.226 e. The van der Waals surface area contributed by atoms with Crippen LogP contribution >= 0.6 is 35.0 Å². The molecular formula is C25H15Cl2FN4O3S. The van der Waals surface area contributed by atoms with Crippen molar-refractivity contribution >= 4 is 35.0 Å². The molecule has 2 heterocycles. The molecule has 0 saturated carbocycles. The Morgan fingerprint density at radius 3 is 2.42 bits per heavy atom. The van der Waals surface area contributed by atoms with E-state index in [-0.39, 0.29) is 51.4 Å². The Bertz CT molecular complexity index is 1500. The maximum absolute atomic E-state index is 14.6. The van der Waals surface area contributed by atoms with E-state index < -0.39 is 5.82 Å². The molecule has 0 aliphatic carbocycles. The van der Waals surface area contributed by atoms with E-state index in [1.807, 2.05) is 6.07 Å². The molecule has 4 rings (SSSR count). The summed E-state index contributed by atoms with van der Waals surface area (Å²) < 4.78 is 25.3. The number of nitriles is 2. The predicted octanol–water partition coefficient (Wildman–Crippen LogP) is 6.26. The number of halogens is 3. The summed E-state index contributed by atoms with van der Waals surface area (Å²) in [5, 5.41) is 29.2. The van der Waals surface area contributed by atoms with Crippen LogP contribution in [0.3, 0.4) is 0 Å². The lowest BCUT2D eigenvalue weighted by Crippen LogP contribution is -2.03. The Labute approximate surface area is 219 Å². The Morgan fingerprint density at radius 2 is 1.75 bits per heavy atom. The van der Waals surface area contributed by atoms with Crippen molar-refractivity contribution in [2.45, 2.75) is 10.8 Å². The zero-order valence-corrected chi connectivity index (χ0v) is 20.7. The molecule has 36 heavy (non-hydrogen) atoms. The minimum absolute atomic E-state index is 0.0487. The molecule has 0 unspecified atom stereocenters. The first-order valence-corrected chi connectivity index (χ1v) is 12.1. The second-order valence-electron chi connectivity index (χ2n) is 7.21. The van der Waals surface area contributed by atoms with Crippen LogP contribution < -0.4 is 4.74 Å². The fourth-order valence-corrected chi connectivity index (χ4v) is 4.57. The third kappa shape index (κ3) is 5.46.